The lowest BCUT2D eigenvalue weighted by molar-refractivity contribution is -0.0176. The van der Waals surface area contributed by atoms with E-state index in [2.05, 4.69) is 9.97 Å². The van der Waals surface area contributed by atoms with Crippen LogP contribution in [-0.2, 0) is 6.42 Å². The first-order chi connectivity index (χ1) is 13.4. The van der Waals surface area contributed by atoms with E-state index in [1.807, 2.05) is 48.5 Å². The molecule has 0 saturated heterocycles. The average Bonchev–Trinajstić information content (AvgIpc) is 2.71. The second-order valence-corrected chi connectivity index (χ2v) is 6.85. The van der Waals surface area contributed by atoms with Crippen LogP contribution in [0.1, 0.15) is 27.5 Å². The normalized spacial score (nSPS) is 20.6. The van der Waals surface area contributed by atoms with Crippen molar-refractivity contribution in [3.8, 4) is 11.1 Å². The van der Waals surface area contributed by atoms with Crippen LogP contribution >= 0.6 is 0 Å². The third kappa shape index (κ3) is 2.93. The Labute approximate surface area is 159 Å². The van der Waals surface area contributed by atoms with Gasteiger partial charge in [0.05, 0.1) is 17.9 Å². The Kier molecular flexibility index (Phi) is 4.39. The zero-order valence-corrected chi connectivity index (χ0v) is 14.7. The fraction of sp³-hybridized carbons (Fsp3) is 0.190. The number of ketones is 1. The molecule has 0 spiro atoms. The molecule has 3 aromatic rings. The molecule has 1 aliphatic carbocycles. The molecule has 4 rings (SSSR count). The van der Waals surface area contributed by atoms with Crippen molar-refractivity contribution < 1.29 is 13.6 Å². The quantitative estimate of drug-likeness (QED) is 0.730. The van der Waals surface area contributed by atoms with Crippen LogP contribution in [0.2, 0.25) is 0 Å². The van der Waals surface area contributed by atoms with Crippen molar-refractivity contribution in [2.45, 2.75) is 24.3 Å². The van der Waals surface area contributed by atoms with Crippen molar-refractivity contribution in [2.24, 2.45) is 5.73 Å². The van der Waals surface area contributed by atoms with Gasteiger partial charge in [-0.25, -0.2) is 4.98 Å². The monoisotopic (exact) mass is 381 g/mol. The number of aromatic nitrogens is 2. The lowest BCUT2D eigenvalue weighted by atomic mass is 9.76. The molecule has 7 heteroatoms. The van der Waals surface area contributed by atoms with Gasteiger partial charge in [-0.05, 0) is 23.1 Å². The minimum atomic E-state index is -3.78. The maximum absolute atomic E-state index is 14.5. The highest BCUT2D eigenvalue weighted by molar-refractivity contribution is 6.03. The SMILES string of the molecule is NC1C(Cc2cccc(-c3ccccc3)c2)c2c(nc[nH]c2=O)C(=O)C1(F)F. The number of aromatic amines is 1. The number of carbonyl (C=O) groups is 1. The lowest BCUT2D eigenvalue weighted by Crippen LogP contribution is -2.56. The molecule has 2 aromatic carbocycles. The van der Waals surface area contributed by atoms with Gasteiger partial charge in [-0.15, -0.1) is 0 Å². The molecule has 3 N–H and O–H groups in total. The summed E-state index contributed by atoms with van der Waals surface area (Å²) in [5, 5.41) is 0. The second kappa shape index (κ2) is 6.76. The third-order valence-electron chi connectivity index (χ3n) is 5.12. The molecule has 0 fully saturated rings. The summed E-state index contributed by atoms with van der Waals surface area (Å²) in [5.74, 6) is -6.32. The molecule has 5 nitrogen and oxygen atoms in total. The van der Waals surface area contributed by atoms with Crippen molar-refractivity contribution in [3.05, 3.63) is 88.1 Å². The van der Waals surface area contributed by atoms with Crippen LogP contribution in [0.3, 0.4) is 0 Å². The summed E-state index contributed by atoms with van der Waals surface area (Å²) in [6, 6.07) is 15.2. The summed E-state index contributed by atoms with van der Waals surface area (Å²) < 4.78 is 28.9. The highest BCUT2D eigenvalue weighted by Gasteiger charge is 2.55. The molecule has 0 bridgehead atoms. The van der Waals surface area contributed by atoms with Crippen molar-refractivity contribution in [3.63, 3.8) is 0 Å². The Bertz CT molecular complexity index is 1100. The summed E-state index contributed by atoms with van der Waals surface area (Å²) in [6.45, 7) is 0. The molecule has 0 saturated carbocycles. The minimum Gasteiger partial charge on any atom is -0.322 e. The van der Waals surface area contributed by atoms with E-state index in [1.165, 1.54) is 0 Å². The van der Waals surface area contributed by atoms with Crippen LogP contribution in [0.5, 0.6) is 0 Å². The second-order valence-electron chi connectivity index (χ2n) is 6.85. The summed E-state index contributed by atoms with van der Waals surface area (Å²) in [6.07, 6.45) is 1.05. The number of nitrogens with zero attached hydrogens (tertiary/aromatic N) is 1. The van der Waals surface area contributed by atoms with E-state index in [-0.39, 0.29) is 12.0 Å². The molecule has 1 aromatic heterocycles. The van der Waals surface area contributed by atoms with E-state index >= 15 is 0 Å². The number of carbonyl (C=O) groups excluding carboxylic acids is 1. The summed E-state index contributed by atoms with van der Waals surface area (Å²) in [4.78, 5) is 30.5. The molecule has 1 aliphatic rings. The van der Waals surface area contributed by atoms with Gasteiger partial charge in [-0.3, -0.25) is 9.59 Å². The van der Waals surface area contributed by atoms with E-state index in [0.29, 0.717) is 0 Å². The molecule has 0 radical (unpaired) electrons. The minimum absolute atomic E-state index is 0.0731. The van der Waals surface area contributed by atoms with Gasteiger partial charge in [0.2, 0.25) is 0 Å². The molecular weight excluding hydrogens is 364 g/mol. The number of fused-ring (bicyclic) bond motifs is 1. The fourth-order valence-corrected chi connectivity index (χ4v) is 3.67. The highest BCUT2D eigenvalue weighted by Crippen LogP contribution is 2.39. The van der Waals surface area contributed by atoms with E-state index in [9.17, 15) is 18.4 Å². The molecule has 0 amide bonds. The number of hydrogen-bond acceptors (Lipinski definition) is 4. The van der Waals surface area contributed by atoms with Crippen molar-refractivity contribution >= 4 is 5.78 Å². The highest BCUT2D eigenvalue weighted by atomic mass is 19.3. The first kappa shape index (κ1) is 18.2. The van der Waals surface area contributed by atoms with Crippen LogP contribution in [-0.4, -0.2) is 27.7 Å². The predicted molar refractivity (Wildman–Crippen MR) is 100 cm³/mol. The van der Waals surface area contributed by atoms with Gasteiger partial charge in [-0.1, -0.05) is 54.6 Å². The van der Waals surface area contributed by atoms with E-state index in [4.69, 9.17) is 5.73 Å². The van der Waals surface area contributed by atoms with Crippen LogP contribution in [0.4, 0.5) is 8.78 Å². The Morgan fingerprint density at radius 1 is 1.04 bits per heavy atom. The summed E-state index contributed by atoms with van der Waals surface area (Å²) >= 11 is 0. The van der Waals surface area contributed by atoms with Gasteiger partial charge in [0, 0.05) is 5.92 Å². The third-order valence-corrected chi connectivity index (χ3v) is 5.12. The topological polar surface area (TPSA) is 88.8 Å². The smallest absolute Gasteiger partial charge is 0.322 e. The number of rotatable bonds is 3. The number of nitrogens with one attached hydrogen (secondary N) is 1. The molecular formula is C21H17F2N3O2. The first-order valence-corrected chi connectivity index (χ1v) is 8.79. The summed E-state index contributed by atoms with van der Waals surface area (Å²) in [7, 11) is 0. The average molecular weight is 381 g/mol. The molecule has 1 heterocycles. The van der Waals surface area contributed by atoms with Crippen LogP contribution in [0.15, 0.2) is 65.7 Å². The molecule has 2 atom stereocenters. The van der Waals surface area contributed by atoms with E-state index in [1.54, 1.807) is 6.07 Å². The van der Waals surface area contributed by atoms with Crippen LogP contribution in [0.25, 0.3) is 11.1 Å². The van der Waals surface area contributed by atoms with Crippen LogP contribution in [0, 0.1) is 0 Å². The zero-order valence-electron chi connectivity index (χ0n) is 14.7. The van der Waals surface area contributed by atoms with E-state index in [0.717, 1.165) is 23.0 Å². The Hall–Kier alpha value is -3.19. The number of nitrogens with two attached hydrogens (primary N) is 1. The Morgan fingerprint density at radius 2 is 1.75 bits per heavy atom. The Balaban J connectivity index is 1.77. The zero-order chi connectivity index (χ0) is 19.9. The molecule has 28 heavy (non-hydrogen) atoms. The van der Waals surface area contributed by atoms with Gasteiger partial charge in [0.15, 0.2) is 0 Å². The molecule has 142 valence electrons. The number of benzene rings is 2. The number of halogens is 2. The van der Waals surface area contributed by atoms with Gasteiger partial charge in [-0.2, -0.15) is 8.78 Å². The van der Waals surface area contributed by atoms with Gasteiger partial charge in [0.1, 0.15) is 5.69 Å². The van der Waals surface area contributed by atoms with Gasteiger partial charge >= 0.3 is 5.92 Å². The molecule has 2 unspecified atom stereocenters. The largest absolute Gasteiger partial charge is 0.326 e. The van der Waals surface area contributed by atoms with Gasteiger partial charge < -0.3 is 10.7 Å². The summed E-state index contributed by atoms with van der Waals surface area (Å²) in [5.41, 5.74) is 7.23. The maximum atomic E-state index is 14.5. The fourth-order valence-electron chi connectivity index (χ4n) is 3.67. The first-order valence-electron chi connectivity index (χ1n) is 8.79. The Morgan fingerprint density at radius 3 is 2.50 bits per heavy atom. The van der Waals surface area contributed by atoms with Crippen molar-refractivity contribution in [1.82, 2.24) is 9.97 Å². The number of hydrogen-bond donors (Lipinski definition) is 2. The van der Waals surface area contributed by atoms with Crippen molar-refractivity contribution in [1.29, 1.82) is 0 Å². The molecule has 0 aliphatic heterocycles. The number of alkyl halides is 2. The standard InChI is InChI=1S/C21H17F2N3O2/c22-21(23)18(24)15(16-17(19(21)27)25-11-26-20(16)28)10-12-5-4-8-14(9-12)13-6-2-1-3-7-13/h1-9,11,15,18H,10,24H2,(H,25,26,28). The van der Waals surface area contributed by atoms with E-state index < -0.39 is 34.9 Å². The van der Waals surface area contributed by atoms with Crippen molar-refractivity contribution in [2.75, 3.05) is 0 Å². The number of Topliss-reactive ketones (excluding diaryl/α,β-unsaturated/α-hetero) is 1. The maximum Gasteiger partial charge on any atom is 0.326 e. The van der Waals surface area contributed by atoms with Crippen LogP contribution < -0.4 is 11.3 Å². The van der Waals surface area contributed by atoms with Gasteiger partial charge in [0.25, 0.3) is 11.3 Å². The lowest BCUT2D eigenvalue weighted by Gasteiger charge is -2.34. The number of H-pyrrole nitrogens is 1. The predicted octanol–water partition coefficient (Wildman–Crippen LogP) is 2.92.